The minimum atomic E-state index is -1.86. The molecule has 0 aromatic rings. The molecule has 0 saturated carbocycles. The van der Waals surface area contributed by atoms with Gasteiger partial charge in [0.25, 0.3) is 0 Å². The molecule has 13 heavy (non-hydrogen) atoms. The first kappa shape index (κ1) is 13.3. The fourth-order valence-corrected chi connectivity index (χ4v) is 1.64. The zero-order valence-corrected chi connectivity index (χ0v) is 10.8. The van der Waals surface area contributed by atoms with Crippen LogP contribution >= 0.6 is 23.2 Å². The first-order valence-electron chi connectivity index (χ1n) is 4.39. The number of hydrogen-bond acceptors (Lipinski definition) is 1. The maximum Gasteiger partial charge on any atom is 0.168 e. The van der Waals surface area contributed by atoms with Gasteiger partial charge in [0.05, 0.1) is 0 Å². The van der Waals surface area contributed by atoms with Crippen LogP contribution in [0.25, 0.3) is 0 Å². The monoisotopic (exact) mass is 238 g/mol. The molecule has 0 amide bonds. The minimum absolute atomic E-state index is 0.395. The van der Waals surface area contributed by atoms with Gasteiger partial charge in [-0.2, -0.15) is 0 Å². The van der Waals surface area contributed by atoms with Crippen molar-refractivity contribution in [2.45, 2.75) is 43.4 Å². The molecule has 76 valence electrons. The molecular formula is C9H16Cl2OSi. The summed E-state index contributed by atoms with van der Waals surface area (Å²) in [6, 6.07) is 0. The van der Waals surface area contributed by atoms with Crippen molar-refractivity contribution in [3.05, 3.63) is 0 Å². The highest BCUT2D eigenvalue weighted by molar-refractivity contribution is 6.97. The summed E-state index contributed by atoms with van der Waals surface area (Å²) in [4.78, 5) is 0. The van der Waals surface area contributed by atoms with Gasteiger partial charge in [-0.05, 0) is 6.42 Å². The van der Waals surface area contributed by atoms with Gasteiger partial charge in [-0.15, -0.1) is 28.7 Å². The Morgan fingerprint density at radius 2 is 1.92 bits per heavy atom. The highest BCUT2D eigenvalue weighted by Crippen LogP contribution is 2.17. The van der Waals surface area contributed by atoms with E-state index in [2.05, 4.69) is 11.5 Å². The lowest BCUT2D eigenvalue weighted by atomic mass is 10.2. The molecule has 0 heterocycles. The Labute approximate surface area is 91.4 Å². The highest BCUT2D eigenvalue weighted by Gasteiger charge is 2.26. The van der Waals surface area contributed by atoms with Crippen molar-refractivity contribution in [2.24, 2.45) is 0 Å². The third-order valence-corrected chi connectivity index (χ3v) is 6.82. The zero-order chi connectivity index (χ0) is 10.5. The van der Waals surface area contributed by atoms with E-state index >= 15 is 0 Å². The minimum Gasteiger partial charge on any atom is -0.380 e. The van der Waals surface area contributed by atoms with E-state index in [1.165, 1.54) is 0 Å². The summed E-state index contributed by atoms with van der Waals surface area (Å²) in [5.74, 6) is 2.80. The van der Waals surface area contributed by atoms with Crippen LogP contribution in [-0.2, 0) is 0 Å². The third kappa shape index (κ3) is 5.59. The fraction of sp³-hybridized carbons (Fsp3) is 0.778. The van der Waals surface area contributed by atoms with E-state index in [1.54, 1.807) is 0 Å². The fourth-order valence-electron chi connectivity index (χ4n) is 0.669. The molecule has 0 fully saturated rings. The van der Waals surface area contributed by atoms with Gasteiger partial charge in [-0.1, -0.05) is 32.4 Å². The van der Waals surface area contributed by atoms with E-state index in [0.29, 0.717) is 6.42 Å². The van der Waals surface area contributed by atoms with E-state index in [0.717, 1.165) is 6.42 Å². The number of alkyl halides is 2. The van der Waals surface area contributed by atoms with E-state index in [1.807, 2.05) is 20.0 Å². The molecule has 0 aromatic heterocycles. The second kappa shape index (κ2) is 5.92. The van der Waals surface area contributed by atoms with Crippen molar-refractivity contribution >= 4 is 31.3 Å². The molecule has 1 unspecified atom stereocenters. The van der Waals surface area contributed by atoms with Crippen LogP contribution in [0.3, 0.4) is 0 Å². The Morgan fingerprint density at radius 1 is 1.38 bits per heavy atom. The number of halogens is 2. The van der Waals surface area contributed by atoms with Crippen LogP contribution in [-0.4, -0.2) is 23.7 Å². The predicted octanol–water partition coefficient (Wildman–Crippen LogP) is 2.74. The largest absolute Gasteiger partial charge is 0.380 e. The quantitative estimate of drug-likeness (QED) is 0.456. The van der Waals surface area contributed by atoms with Crippen molar-refractivity contribution in [1.82, 2.24) is 0 Å². The van der Waals surface area contributed by atoms with Gasteiger partial charge >= 0.3 is 0 Å². The van der Waals surface area contributed by atoms with Crippen molar-refractivity contribution < 1.29 is 5.11 Å². The van der Waals surface area contributed by atoms with Crippen LogP contribution in [0.4, 0.5) is 0 Å². The molecule has 0 radical (unpaired) electrons. The molecule has 0 spiro atoms. The van der Waals surface area contributed by atoms with Gasteiger partial charge in [0.1, 0.15) is 10.6 Å². The van der Waals surface area contributed by atoms with Gasteiger partial charge in [0, 0.05) is 0 Å². The summed E-state index contributed by atoms with van der Waals surface area (Å²) in [6.07, 6.45) is 1.12. The van der Waals surface area contributed by atoms with Crippen LogP contribution in [0.2, 0.25) is 13.1 Å². The lowest BCUT2D eigenvalue weighted by Crippen LogP contribution is -2.33. The lowest BCUT2D eigenvalue weighted by molar-refractivity contribution is 0.221. The summed E-state index contributed by atoms with van der Waals surface area (Å²) < 4.78 is -0.395. The molecule has 1 nitrogen and oxygen atoms in total. The van der Waals surface area contributed by atoms with Crippen LogP contribution in [0.5, 0.6) is 0 Å². The zero-order valence-electron chi connectivity index (χ0n) is 8.27. The molecule has 0 aliphatic carbocycles. The number of hydrogen-bond donors (Lipinski definition) is 1. The van der Waals surface area contributed by atoms with Gasteiger partial charge < -0.3 is 5.11 Å². The van der Waals surface area contributed by atoms with Crippen molar-refractivity contribution in [2.75, 3.05) is 0 Å². The van der Waals surface area contributed by atoms with Crippen LogP contribution < -0.4 is 0 Å². The topological polar surface area (TPSA) is 20.2 Å². The number of aliphatic hydroxyl groups excluding tert-OH is 1. The molecule has 0 aromatic carbocycles. The van der Waals surface area contributed by atoms with Gasteiger partial charge in [-0.25, -0.2) is 0 Å². The summed E-state index contributed by atoms with van der Waals surface area (Å²) >= 11 is 11.5. The maximum atomic E-state index is 9.36. The first-order valence-corrected chi connectivity index (χ1v) is 8.34. The molecule has 4 heteroatoms. The lowest BCUT2D eigenvalue weighted by Gasteiger charge is -2.15. The van der Waals surface area contributed by atoms with Gasteiger partial charge in [0.2, 0.25) is 0 Å². The second-order valence-corrected chi connectivity index (χ2v) is 9.70. The summed E-state index contributed by atoms with van der Waals surface area (Å²) in [5, 5.41) is 9.36. The predicted molar refractivity (Wildman–Crippen MR) is 61.7 cm³/mol. The standard InChI is InChI=1S/C9H16Cl2OSi/c1-4-5-8(12)6-7-13(2,3)9(10)11/h8-9,12H,4-5H2,1-3H3. The molecule has 0 rings (SSSR count). The maximum absolute atomic E-state index is 9.36. The van der Waals surface area contributed by atoms with E-state index in [4.69, 9.17) is 23.2 Å². The van der Waals surface area contributed by atoms with E-state index in [-0.39, 0.29) is 0 Å². The first-order chi connectivity index (χ1) is 5.90. The Hall–Kier alpha value is 0.317. The summed E-state index contributed by atoms with van der Waals surface area (Å²) in [7, 11) is -1.86. The average molecular weight is 239 g/mol. The molecular weight excluding hydrogens is 223 g/mol. The molecule has 0 saturated heterocycles. The number of aliphatic hydroxyl groups is 1. The van der Waals surface area contributed by atoms with Gasteiger partial charge in [-0.3, -0.25) is 0 Å². The van der Waals surface area contributed by atoms with E-state index in [9.17, 15) is 5.11 Å². The summed E-state index contributed by atoms with van der Waals surface area (Å²) in [5.41, 5.74) is 3.02. The molecule has 0 aliphatic rings. The molecule has 0 aliphatic heterocycles. The van der Waals surface area contributed by atoms with Crippen molar-refractivity contribution in [3.63, 3.8) is 0 Å². The smallest absolute Gasteiger partial charge is 0.168 e. The third-order valence-electron chi connectivity index (χ3n) is 1.67. The Balaban J connectivity index is 4.22. The molecule has 1 N–H and O–H groups in total. The second-order valence-electron chi connectivity index (χ2n) is 3.60. The van der Waals surface area contributed by atoms with E-state index < -0.39 is 18.6 Å². The normalized spacial score (nSPS) is 13.8. The highest BCUT2D eigenvalue weighted by atomic mass is 35.5. The van der Waals surface area contributed by atoms with Crippen LogP contribution in [0.15, 0.2) is 0 Å². The van der Waals surface area contributed by atoms with Crippen molar-refractivity contribution in [1.29, 1.82) is 0 Å². The average Bonchev–Trinajstić information content (AvgIpc) is 2.01. The van der Waals surface area contributed by atoms with Crippen LogP contribution in [0, 0.1) is 11.5 Å². The Morgan fingerprint density at radius 3 is 2.31 bits per heavy atom. The van der Waals surface area contributed by atoms with Crippen molar-refractivity contribution in [3.8, 4) is 11.5 Å². The van der Waals surface area contributed by atoms with Crippen LogP contribution in [0.1, 0.15) is 19.8 Å². The Bertz CT molecular complexity index is 205. The van der Waals surface area contributed by atoms with Gasteiger partial charge in [0.15, 0.2) is 8.07 Å². The summed E-state index contributed by atoms with van der Waals surface area (Å²) in [6.45, 7) is 5.99. The Kier molecular flexibility index (Phi) is 6.07. The number of rotatable bonds is 3. The SMILES string of the molecule is CCCC(O)C#C[Si](C)(C)C(Cl)Cl. The molecule has 0 bridgehead atoms. The molecule has 1 atom stereocenters.